The number of halogens is 2. The monoisotopic (exact) mass is 288 g/mol. The molecule has 2 nitrogen and oxygen atoms in total. The maximum Gasteiger partial charge on any atom is 0.317 e. The molecular weight excluding hydrogens is 279 g/mol. The van der Waals surface area contributed by atoms with Crippen molar-refractivity contribution in [1.82, 2.24) is 0 Å². The van der Waals surface area contributed by atoms with Gasteiger partial charge in [0, 0.05) is 21.4 Å². The number of hydrogen-bond donors (Lipinski definition) is 0. The van der Waals surface area contributed by atoms with Crippen LogP contribution in [0.1, 0.15) is 0 Å². The molecule has 0 bridgehead atoms. The van der Waals surface area contributed by atoms with Gasteiger partial charge in [-0.15, -0.1) is 0 Å². The van der Waals surface area contributed by atoms with Crippen LogP contribution in [0.15, 0.2) is 60.7 Å². The third-order valence-electron chi connectivity index (χ3n) is 1.88. The van der Waals surface area contributed by atoms with Crippen LogP contribution in [0.25, 0.3) is 11.1 Å². The predicted octanol–water partition coefficient (Wildman–Crippen LogP) is 4.06. The van der Waals surface area contributed by atoms with Gasteiger partial charge in [-0.3, -0.25) is 0 Å². The highest BCUT2D eigenvalue weighted by Crippen LogP contribution is 2.17. The van der Waals surface area contributed by atoms with Crippen LogP contribution in [-0.2, 0) is 8.26 Å². The average molecular weight is 289 g/mol. The fraction of sp³-hybridized carbons (Fsp3) is 0. The maximum atomic E-state index is 9.16. The molecule has 0 saturated carbocycles. The highest BCUT2D eigenvalue weighted by molar-refractivity contribution is 8.31. The molecule has 0 N–H and O–H groups in total. The van der Waals surface area contributed by atoms with Gasteiger partial charge in [-0.1, -0.05) is 60.7 Å². The first-order chi connectivity index (χ1) is 7.97. The molecular formula is C12H10Cl2O2S. The van der Waals surface area contributed by atoms with Gasteiger partial charge in [0.15, 0.2) is 0 Å². The minimum absolute atomic E-state index is 1.28. The molecule has 0 fully saturated rings. The molecule has 0 aliphatic rings. The quantitative estimate of drug-likeness (QED) is 0.742. The van der Waals surface area contributed by atoms with Gasteiger partial charge in [-0.05, 0) is 11.1 Å². The summed E-state index contributed by atoms with van der Waals surface area (Å²) in [7, 11) is 4.81. The second kappa shape index (κ2) is 6.64. The standard InChI is InChI=1S/C12H10.Cl2O2S/c1-3-7-11(8-4-1)12-9-5-2-6-10-12;1-5(2,3)4/h1-10H;. The van der Waals surface area contributed by atoms with Crippen molar-refractivity contribution in [3.8, 4) is 11.1 Å². The van der Waals surface area contributed by atoms with Crippen LogP contribution >= 0.6 is 21.4 Å². The first-order valence-electron chi connectivity index (χ1n) is 4.71. The molecule has 2 aromatic rings. The van der Waals surface area contributed by atoms with Crippen molar-refractivity contribution in [2.24, 2.45) is 0 Å². The molecule has 0 radical (unpaired) electrons. The summed E-state index contributed by atoms with van der Waals surface area (Å²) >= 11 is 0. The Morgan fingerprint density at radius 3 is 1.12 bits per heavy atom. The van der Waals surface area contributed by atoms with Crippen molar-refractivity contribution < 1.29 is 8.42 Å². The Morgan fingerprint density at radius 1 is 0.647 bits per heavy atom. The van der Waals surface area contributed by atoms with Gasteiger partial charge >= 0.3 is 8.26 Å². The van der Waals surface area contributed by atoms with Crippen LogP contribution in [0.5, 0.6) is 0 Å². The van der Waals surface area contributed by atoms with Gasteiger partial charge in [0.2, 0.25) is 0 Å². The van der Waals surface area contributed by atoms with E-state index in [9.17, 15) is 0 Å². The summed E-state index contributed by atoms with van der Waals surface area (Å²) in [6.45, 7) is 0. The molecule has 0 spiro atoms. The molecule has 0 aliphatic heterocycles. The van der Waals surface area contributed by atoms with E-state index < -0.39 is 8.26 Å². The van der Waals surface area contributed by atoms with E-state index in [2.05, 4.69) is 69.9 Å². The fourth-order valence-electron chi connectivity index (χ4n) is 1.26. The minimum Gasteiger partial charge on any atom is -0.195 e. The van der Waals surface area contributed by atoms with Crippen LogP contribution in [0, 0.1) is 0 Å². The zero-order valence-electron chi connectivity index (χ0n) is 8.75. The topological polar surface area (TPSA) is 34.1 Å². The van der Waals surface area contributed by atoms with Crippen molar-refractivity contribution in [2.45, 2.75) is 0 Å². The van der Waals surface area contributed by atoms with Gasteiger partial charge in [0.1, 0.15) is 0 Å². The summed E-state index contributed by atoms with van der Waals surface area (Å²) in [5.41, 5.74) is 2.55. The van der Waals surface area contributed by atoms with E-state index in [0.717, 1.165) is 0 Å². The SMILES string of the molecule is O=S(=O)(Cl)Cl.c1ccc(-c2ccccc2)cc1. The van der Waals surface area contributed by atoms with Gasteiger partial charge in [0.25, 0.3) is 0 Å². The lowest BCUT2D eigenvalue weighted by Crippen LogP contribution is -1.73. The third kappa shape index (κ3) is 7.00. The lowest BCUT2D eigenvalue weighted by Gasteiger charge is -1.98. The smallest absolute Gasteiger partial charge is 0.195 e. The Bertz CT molecular complexity index is 494. The van der Waals surface area contributed by atoms with E-state index >= 15 is 0 Å². The Balaban J connectivity index is 0.000000249. The van der Waals surface area contributed by atoms with Crippen molar-refractivity contribution in [3.63, 3.8) is 0 Å². The molecule has 5 heteroatoms. The second-order valence-corrected chi connectivity index (χ2v) is 6.78. The Kier molecular flexibility index (Phi) is 5.48. The summed E-state index contributed by atoms with van der Waals surface area (Å²) in [6.07, 6.45) is 0. The Hall–Kier alpha value is -1.03. The van der Waals surface area contributed by atoms with Crippen molar-refractivity contribution >= 4 is 29.6 Å². The minimum atomic E-state index is -3.72. The predicted molar refractivity (Wildman–Crippen MR) is 72.5 cm³/mol. The van der Waals surface area contributed by atoms with Crippen LogP contribution in [0.4, 0.5) is 0 Å². The highest BCUT2D eigenvalue weighted by Gasteiger charge is 1.91. The van der Waals surface area contributed by atoms with E-state index in [1.54, 1.807) is 0 Å². The van der Waals surface area contributed by atoms with E-state index in [-0.39, 0.29) is 0 Å². The molecule has 0 atom stereocenters. The normalized spacial score (nSPS) is 10.2. The third-order valence-corrected chi connectivity index (χ3v) is 1.88. The zero-order valence-corrected chi connectivity index (χ0v) is 11.1. The van der Waals surface area contributed by atoms with Gasteiger partial charge in [0.05, 0.1) is 0 Å². The fourth-order valence-corrected chi connectivity index (χ4v) is 1.26. The molecule has 2 rings (SSSR count). The molecule has 0 unspecified atom stereocenters. The summed E-state index contributed by atoms with van der Waals surface area (Å²) in [6, 6.07) is 20.8. The highest BCUT2D eigenvalue weighted by atomic mass is 36.0. The summed E-state index contributed by atoms with van der Waals surface area (Å²) in [5.74, 6) is 0. The summed E-state index contributed by atoms with van der Waals surface area (Å²) in [4.78, 5) is 0. The zero-order chi connectivity index (χ0) is 12.7. The first-order valence-corrected chi connectivity index (χ1v) is 7.85. The van der Waals surface area contributed by atoms with E-state index in [4.69, 9.17) is 8.42 Å². The van der Waals surface area contributed by atoms with Crippen LogP contribution in [0.3, 0.4) is 0 Å². The van der Waals surface area contributed by atoms with E-state index in [1.165, 1.54) is 11.1 Å². The lowest BCUT2D eigenvalue weighted by atomic mass is 10.1. The molecule has 0 saturated heterocycles. The molecule has 90 valence electrons. The van der Waals surface area contributed by atoms with Crippen LogP contribution in [-0.4, -0.2) is 8.42 Å². The van der Waals surface area contributed by atoms with Gasteiger partial charge < -0.3 is 0 Å². The molecule has 0 heterocycles. The van der Waals surface area contributed by atoms with Gasteiger partial charge in [-0.2, -0.15) is 8.42 Å². The maximum absolute atomic E-state index is 9.16. The molecule has 0 aromatic heterocycles. The summed E-state index contributed by atoms with van der Waals surface area (Å²) in [5, 5.41) is 0. The average Bonchev–Trinajstić information content (AvgIpc) is 2.29. The Labute approximate surface area is 110 Å². The van der Waals surface area contributed by atoms with Crippen LogP contribution < -0.4 is 0 Å². The van der Waals surface area contributed by atoms with E-state index in [0.29, 0.717) is 0 Å². The number of benzene rings is 2. The van der Waals surface area contributed by atoms with Crippen molar-refractivity contribution in [2.75, 3.05) is 0 Å². The van der Waals surface area contributed by atoms with Gasteiger partial charge in [-0.25, -0.2) is 0 Å². The molecule has 0 amide bonds. The number of rotatable bonds is 1. The summed E-state index contributed by atoms with van der Waals surface area (Å²) < 4.78 is 18.3. The molecule has 2 aromatic carbocycles. The van der Waals surface area contributed by atoms with Crippen LogP contribution in [0.2, 0.25) is 0 Å². The molecule has 17 heavy (non-hydrogen) atoms. The lowest BCUT2D eigenvalue weighted by molar-refractivity contribution is 0.621. The Morgan fingerprint density at radius 2 is 0.882 bits per heavy atom. The first kappa shape index (κ1) is 14.0. The van der Waals surface area contributed by atoms with E-state index in [1.807, 2.05) is 12.1 Å². The largest absolute Gasteiger partial charge is 0.317 e. The molecule has 0 aliphatic carbocycles. The number of hydrogen-bond acceptors (Lipinski definition) is 2. The van der Waals surface area contributed by atoms with Crippen molar-refractivity contribution in [3.05, 3.63) is 60.7 Å². The van der Waals surface area contributed by atoms with Crippen molar-refractivity contribution in [1.29, 1.82) is 0 Å². The second-order valence-electron chi connectivity index (χ2n) is 3.11.